The molecular weight excluding hydrogens is 166 g/mol. The lowest BCUT2D eigenvalue weighted by Gasteiger charge is -2.18. The maximum Gasteiger partial charge on any atom is 0.115 e. The Morgan fingerprint density at radius 1 is 1.38 bits per heavy atom. The first-order chi connectivity index (χ1) is 6.15. The number of hydrogen-bond donors (Lipinski definition) is 3. The van der Waals surface area contributed by atoms with E-state index in [0.717, 1.165) is 5.56 Å². The standard InChI is InChI=1S/C10H15NO2/c1-7(11-2)10(13)8-4-3-5-9(12)6-8/h3-7,10-13H,1-2H3. The molecule has 0 aliphatic carbocycles. The molecule has 0 aliphatic heterocycles. The van der Waals surface area contributed by atoms with Gasteiger partial charge in [0, 0.05) is 6.04 Å². The largest absolute Gasteiger partial charge is 0.508 e. The Morgan fingerprint density at radius 2 is 2.08 bits per heavy atom. The summed E-state index contributed by atoms with van der Waals surface area (Å²) in [6.07, 6.45) is -0.586. The van der Waals surface area contributed by atoms with Crippen molar-refractivity contribution >= 4 is 0 Å². The van der Waals surface area contributed by atoms with Gasteiger partial charge in [-0.3, -0.25) is 0 Å². The number of benzene rings is 1. The summed E-state index contributed by atoms with van der Waals surface area (Å²) >= 11 is 0. The molecule has 1 rings (SSSR count). The highest BCUT2D eigenvalue weighted by Crippen LogP contribution is 2.20. The van der Waals surface area contributed by atoms with Crippen LogP contribution in [0.2, 0.25) is 0 Å². The summed E-state index contributed by atoms with van der Waals surface area (Å²) in [4.78, 5) is 0. The molecule has 0 saturated carbocycles. The second-order valence-corrected chi connectivity index (χ2v) is 3.12. The van der Waals surface area contributed by atoms with Crippen molar-refractivity contribution in [2.24, 2.45) is 0 Å². The summed E-state index contributed by atoms with van der Waals surface area (Å²) in [5, 5.41) is 21.9. The van der Waals surface area contributed by atoms with E-state index >= 15 is 0 Å². The fraction of sp³-hybridized carbons (Fsp3) is 0.400. The monoisotopic (exact) mass is 181 g/mol. The van der Waals surface area contributed by atoms with Gasteiger partial charge >= 0.3 is 0 Å². The van der Waals surface area contributed by atoms with Crippen LogP contribution in [0.4, 0.5) is 0 Å². The van der Waals surface area contributed by atoms with E-state index in [0.29, 0.717) is 0 Å². The number of phenolic OH excluding ortho intramolecular Hbond substituents is 1. The Labute approximate surface area is 78.0 Å². The van der Waals surface area contributed by atoms with E-state index in [2.05, 4.69) is 5.32 Å². The van der Waals surface area contributed by atoms with Gasteiger partial charge in [-0.2, -0.15) is 0 Å². The predicted molar refractivity (Wildman–Crippen MR) is 51.6 cm³/mol. The lowest BCUT2D eigenvalue weighted by atomic mass is 10.0. The topological polar surface area (TPSA) is 52.5 Å². The van der Waals surface area contributed by atoms with Gasteiger partial charge in [0.2, 0.25) is 0 Å². The van der Waals surface area contributed by atoms with Crippen LogP contribution in [-0.2, 0) is 0 Å². The summed E-state index contributed by atoms with van der Waals surface area (Å²) < 4.78 is 0. The number of phenols is 1. The van der Waals surface area contributed by atoms with Gasteiger partial charge in [0.05, 0.1) is 6.10 Å². The summed E-state index contributed by atoms with van der Waals surface area (Å²) in [5.74, 6) is 0.180. The molecule has 0 heterocycles. The number of nitrogens with one attached hydrogen (secondary N) is 1. The molecule has 0 spiro atoms. The van der Waals surface area contributed by atoms with Crippen molar-refractivity contribution in [3.63, 3.8) is 0 Å². The second kappa shape index (κ2) is 4.25. The van der Waals surface area contributed by atoms with E-state index in [1.165, 1.54) is 0 Å². The summed E-state index contributed by atoms with van der Waals surface area (Å²) in [6.45, 7) is 1.88. The molecule has 0 amide bonds. The third kappa shape index (κ3) is 2.44. The van der Waals surface area contributed by atoms with E-state index < -0.39 is 6.10 Å². The zero-order valence-corrected chi connectivity index (χ0v) is 7.86. The van der Waals surface area contributed by atoms with Crippen LogP contribution in [-0.4, -0.2) is 23.3 Å². The zero-order valence-electron chi connectivity index (χ0n) is 7.86. The van der Waals surface area contributed by atoms with Crippen molar-refractivity contribution < 1.29 is 10.2 Å². The minimum absolute atomic E-state index is 0.0261. The maximum absolute atomic E-state index is 9.74. The van der Waals surface area contributed by atoms with Crippen LogP contribution in [0.1, 0.15) is 18.6 Å². The Balaban J connectivity index is 2.82. The molecule has 0 bridgehead atoms. The average molecular weight is 181 g/mol. The van der Waals surface area contributed by atoms with Gasteiger partial charge in [0.15, 0.2) is 0 Å². The van der Waals surface area contributed by atoms with Crippen LogP contribution in [0.5, 0.6) is 5.75 Å². The molecule has 0 fully saturated rings. The SMILES string of the molecule is CNC(C)C(O)c1cccc(O)c1. The quantitative estimate of drug-likeness (QED) is 0.653. The first-order valence-corrected chi connectivity index (χ1v) is 4.29. The number of aromatic hydroxyl groups is 1. The molecular formula is C10H15NO2. The third-order valence-corrected chi connectivity index (χ3v) is 2.14. The number of rotatable bonds is 3. The van der Waals surface area contributed by atoms with Crippen molar-refractivity contribution in [3.05, 3.63) is 29.8 Å². The van der Waals surface area contributed by atoms with Crippen LogP contribution in [0.3, 0.4) is 0 Å². The van der Waals surface area contributed by atoms with Crippen LogP contribution in [0.15, 0.2) is 24.3 Å². The molecule has 0 aliphatic rings. The number of aliphatic hydroxyl groups excluding tert-OH is 1. The van der Waals surface area contributed by atoms with Gasteiger partial charge in [-0.25, -0.2) is 0 Å². The molecule has 2 unspecified atom stereocenters. The van der Waals surface area contributed by atoms with Crippen molar-refractivity contribution in [2.45, 2.75) is 19.1 Å². The first-order valence-electron chi connectivity index (χ1n) is 4.29. The number of likely N-dealkylation sites (N-methyl/N-ethyl adjacent to an activating group) is 1. The number of hydrogen-bond acceptors (Lipinski definition) is 3. The Bertz CT molecular complexity index is 275. The Kier molecular flexibility index (Phi) is 3.28. The van der Waals surface area contributed by atoms with Crippen molar-refractivity contribution in [2.75, 3.05) is 7.05 Å². The molecule has 3 heteroatoms. The van der Waals surface area contributed by atoms with Crippen molar-refractivity contribution in [3.8, 4) is 5.75 Å². The summed E-state index contributed by atoms with van der Waals surface area (Å²) in [5.41, 5.74) is 0.724. The van der Waals surface area contributed by atoms with E-state index in [1.807, 2.05) is 6.92 Å². The lowest BCUT2D eigenvalue weighted by molar-refractivity contribution is 0.140. The smallest absolute Gasteiger partial charge is 0.115 e. The molecule has 0 aromatic heterocycles. The van der Waals surface area contributed by atoms with Crippen molar-refractivity contribution in [1.82, 2.24) is 5.32 Å². The van der Waals surface area contributed by atoms with E-state index in [9.17, 15) is 10.2 Å². The molecule has 3 N–H and O–H groups in total. The van der Waals surface area contributed by atoms with E-state index in [1.54, 1.807) is 31.3 Å². The fourth-order valence-electron chi connectivity index (χ4n) is 1.16. The van der Waals surface area contributed by atoms with E-state index in [4.69, 9.17) is 0 Å². The Morgan fingerprint density at radius 3 is 2.62 bits per heavy atom. The summed E-state index contributed by atoms with van der Waals surface area (Å²) in [6, 6.07) is 6.63. The zero-order chi connectivity index (χ0) is 9.84. The molecule has 0 radical (unpaired) electrons. The highest BCUT2D eigenvalue weighted by molar-refractivity contribution is 5.29. The van der Waals surface area contributed by atoms with Gasteiger partial charge in [-0.05, 0) is 31.7 Å². The lowest BCUT2D eigenvalue weighted by Crippen LogP contribution is -2.28. The molecule has 13 heavy (non-hydrogen) atoms. The van der Waals surface area contributed by atoms with Crippen LogP contribution in [0.25, 0.3) is 0 Å². The van der Waals surface area contributed by atoms with Gasteiger partial charge in [-0.15, -0.1) is 0 Å². The molecule has 3 nitrogen and oxygen atoms in total. The van der Waals surface area contributed by atoms with Gasteiger partial charge in [-0.1, -0.05) is 12.1 Å². The van der Waals surface area contributed by atoms with Crippen LogP contribution in [0, 0.1) is 0 Å². The van der Waals surface area contributed by atoms with Crippen LogP contribution >= 0.6 is 0 Å². The fourth-order valence-corrected chi connectivity index (χ4v) is 1.16. The molecule has 72 valence electrons. The minimum atomic E-state index is -0.586. The summed E-state index contributed by atoms with van der Waals surface area (Å²) in [7, 11) is 1.79. The third-order valence-electron chi connectivity index (χ3n) is 2.14. The normalized spacial score (nSPS) is 15.3. The van der Waals surface area contributed by atoms with Gasteiger partial charge < -0.3 is 15.5 Å². The van der Waals surface area contributed by atoms with Crippen molar-refractivity contribution in [1.29, 1.82) is 0 Å². The van der Waals surface area contributed by atoms with E-state index in [-0.39, 0.29) is 11.8 Å². The highest BCUT2D eigenvalue weighted by atomic mass is 16.3. The van der Waals surface area contributed by atoms with Crippen LogP contribution < -0.4 is 5.32 Å². The molecule has 1 aromatic rings. The minimum Gasteiger partial charge on any atom is -0.508 e. The average Bonchev–Trinajstić information content (AvgIpc) is 2.15. The molecule has 1 aromatic carbocycles. The van der Waals surface area contributed by atoms with Gasteiger partial charge in [0.25, 0.3) is 0 Å². The first kappa shape index (κ1) is 10.0. The number of aliphatic hydroxyl groups is 1. The Hall–Kier alpha value is -1.06. The van der Waals surface area contributed by atoms with Gasteiger partial charge in [0.1, 0.15) is 5.75 Å². The highest BCUT2D eigenvalue weighted by Gasteiger charge is 2.14. The molecule has 2 atom stereocenters. The predicted octanol–water partition coefficient (Wildman–Crippen LogP) is 1.03. The second-order valence-electron chi connectivity index (χ2n) is 3.12. The maximum atomic E-state index is 9.74. The molecule has 0 saturated heterocycles.